The third-order valence-corrected chi connectivity index (χ3v) is 3.82. The van der Waals surface area contributed by atoms with Crippen LogP contribution in [0.2, 0.25) is 5.02 Å². The number of rotatable bonds is 3. The van der Waals surface area contributed by atoms with E-state index in [0.29, 0.717) is 17.9 Å². The summed E-state index contributed by atoms with van der Waals surface area (Å²) in [5, 5.41) is 10.5. The van der Waals surface area contributed by atoms with Gasteiger partial charge in [0.2, 0.25) is 5.91 Å². The third-order valence-electron chi connectivity index (χ3n) is 3.57. The maximum atomic E-state index is 12.2. The Hall–Kier alpha value is -1.79. The van der Waals surface area contributed by atoms with Crippen molar-refractivity contribution < 1.29 is 19.4 Å². The molecule has 0 aromatic heterocycles. The predicted molar refractivity (Wildman–Crippen MR) is 81.2 cm³/mol. The van der Waals surface area contributed by atoms with Crippen LogP contribution in [0.5, 0.6) is 0 Å². The van der Waals surface area contributed by atoms with Crippen LogP contribution in [-0.4, -0.2) is 53.3 Å². The zero-order valence-electron chi connectivity index (χ0n) is 12.5. The number of halogens is 1. The van der Waals surface area contributed by atoms with Gasteiger partial charge in [-0.2, -0.15) is 0 Å². The molecule has 0 radical (unpaired) electrons. The summed E-state index contributed by atoms with van der Waals surface area (Å²) < 4.78 is 5.20. The van der Waals surface area contributed by atoms with Gasteiger partial charge in [0.05, 0.1) is 0 Å². The molecule has 1 saturated heterocycles. The van der Waals surface area contributed by atoms with Crippen LogP contribution in [0.4, 0.5) is 4.79 Å². The van der Waals surface area contributed by atoms with Gasteiger partial charge in [0.15, 0.2) is 0 Å². The van der Waals surface area contributed by atoms with Crippen molar-refractivity contribution in [1.82, 2.24) is 9.80 Å². The molecule has 1 fully saturated rings. The van der Waals surface area contributed by atoms with Gasteiger partial charge in [0.1, 0.15) is 18.9 Å². The molecule has 1 aliphatic rings. The lowest BCUT2D eigenvalue weighted by atomic mass is 10.2. The van der Waals surface area contributed by atoms with Crippen LogP contribution in [0.15, 0.2) is 24.3 Å². The first kappa shape index (κ1) is 16.6. The van der Waals surface area contributed by atoms with Crippen LogP contribution in [0, 0.1) is 0 Å². The average Bonchev–Trinajstić information content (AvgIpc) is 2.87. The second-order valence-corrected chi connectivity index (χ2v) is 5.83. The molecule has 2 atom stereocenters. The highest BCUT2D eigenvalue weighted by atomic mass is 35.5. The van der Waals surface area contributed by atoms with Crippen LogP contribution in [0.25, 0.3) is 0 Å². The first-order chi connectivity index (χ1) is 10.4. The average molecular weight is 327 g/mol. The SMILES string of the molecule is CN(C)C(=O)[C@@H]1CCC(O)N1C(=O)OCc1ccc(Cl)cc1. The molecule has 0 spiro atoms. The molecule has 0 aliphatic carbocycles. The Morgan fingerprint density at radius 1 is 1.32 bits per heavy atom. The minimum absolute atomic E-state index is 0.0576. The van der Waals surface area contributed by atoms with Crippen LogP contribution in [0.3, 0.4) is 0 Å². The van der Waals surface area contributed by atoms with E-state index in [2.05, 4.69) is 0 Å². The van der Waals surface area contributed by atoms with E-state index in [9.17, 15) is 14.7 Å². The predicted octanol–water partition coefficient (Wildman–Crippen LogP) is 1.85. The Bertz CT molecular complexity index is 547. The number of aliphatic hydroxyl groups is 1. The van der Waals surface area contributed by atoms with E-state index in [-0.39, 0.29) is 12.5 Å². The van der Waals surface area contributed by atoms with Gasteiger partial charge < -0.3 is 14.7 Å². The fourth-order valence-corrected chi connectivity index (χ4v) is 2.51. The molecule has 1 aromatic rings. The van der Waals surface area contributed by atoms with Crippen molar-refractivity contribution in [2.45, 2.75) is 31.7 Å². The van der Waals surface area contributed by atoms with Crippen molar-refractivity contribution in [3.63, 3.8) is 0 Å². The van der Waals surface area contributed by atoms with Crippen LogP contribution >= 0.6 is 11.6 Å². The van der Waals surface area contributed by atoms with E-state index < -0.39 is 18.4 Å². The number of hydrogen-bond donors (Lipinski definition) is 1. The molecule has 1 unspecified atom stereocenters. The Morgan fingerprint density at radius 3 is 2.55 bits per heavy atom. The number of amides is 2. The fraction of sp³-hybridized carbons (Fsp3) is 0.467. The molecular formula is C15H19ClN2O4. The Balaban J connectivity index is 2.00. The molecule has 7 heteroatoms. The number of carbonyl (C=O) groups is 2. The molecule has 6 nitrogen and oxygen atoms in total. The monoisotopic (exact) mass is 326 g/mol. The lowest BCUT2D eigenvalue weighted by Crippen LogP contribution is -2.48. The van der Waals surface area contributed by atoms with Gasteiger partial charge in [0.25, 0.3) is 0 Å². The van der Waals surface area contributed by atoms with Crippen LogP contribution < -0.4 is 0 Å². The molecular weight excluding hydrogens is 308 g/mol. The molecule has 120 valence electrons. The van der Waals surface area contributed by atoms with Gasteiger partial charge in [-0.15, -0.1) is 0 Å². The van der Waals surface area contributed by atoms with Crippen LogP contribution in [-0.2, 0) is 16.1 Å². The minimum atomic E-state index is -0.994. The molecule has 2 rings (SSSR count). The Morgan fingerprint density at radius 2 is 1.95 bits per heavy atom. The summed E-state index contributed by atoms with van der Waals surface area (Å²) in [6.07, 6.45) is -0.902. The molecule has 22 heavy (non-hydrogen) atoms. The number of likely N-dealkylation sites (N-methyl/N-ethyl adjacent to an activating group) is 1. The number of aliphatic hydroxyl groups excluding tert-OH is 1. The second-order valence-electron chi connectivity index (χ2n) is 5.39. The van der Waals surface area contributed by atoms with Crippen molar-refractivity contribution in [3.05, 3.63) is 34.9 Å². The lowest BCUT2D eigenvalue weighted by molar-refractivity contribution is -0.135. The zero-order valence-corrected chi connectivity index (χ0v) is 13.3. The fourth-order valence-electron chi connectivity index (χ4n) is 2.38. The van der Waals surface area contributed by atoms with Gasteiger partial charge in [-0.3, -0.25) is 9.69 Å². The molecule has 0 bridgehead atoms. The topological polar surface area (TPSA) is 70.1 Å². The molecule has 2 amide bonds. The Kier molecular flexibility index (Phi) is 5.26. The summed E-state index contributed by atoms with van der Waals surface area (Å²) in [4.78, 5) is 26.8. The Labute approximate surface area is 134 Å². The normalized spacial score (nSPS) is 20.8. The van der Waals surface area contributed by atoms with Crippen LogP contribution in [0.1, 0.15) is 18.4 Å². The number of likely N-dealkylation sites (tertiary alicyclic amines) is 1. The summed E-state index contributed by atoms with van der Waals surface area (Å²) >= 11 is 5.79. The van der Waals surface area contributed by atoms with E-state index in [1.165, 1.54) is 4.90 Å². The van der Waals surface area contributed by atoms with E-state index in [0.717, 1.165) is 10.5 Å². The first-order valence-corrected chi connectivity index (χ1v) is 7.36. The maximum Gasteiger partial charge on any atom is 0.412 e. The summed E-state index contributed by atoms with van der Waals surface area (Å²) in [6.45, 7) is 0.0576. The summed E-state index contributed by atoms with van der Waals surface area (Å²) in [5.74, 6) is -0.222. The molecule has 1 aromatic carbocycles. The number of nitrogens with zero attached hydrogens (tertiary/aromatic N) is 2. The lowest BCUT2D eigenvalue weighted by Gasteiger charge is -2.27. The number of carbonyl (C=O) groups excluding carboxylic acids is 2. The highest BCUT2D eigenvalue weighted by Crippen LogP contribution is 2.25. The van der Waals surface area contributed by atoms with Crippen molar-refractivity contribution in [3.8, 4) is 0 Å². The van der Waals surface area contributed by atoms with Gasteiger partial charge in [-0.1, -0.05) is 23.7 Å². The highest BCUT2D eigenvalue weighted by Gasteiger charge is 2.41. The van der Waals surface area contributed by atoms with Crippen molar-refractivity contribution in [2.24, 2.45) is 0 Å². The number of benzene rings is 1. The van der Waals surface area contributed by atoms with Crippen molar-refractivity contribution >= 4 is 23.6 Å². The van der Waals surface area contributed by atoms with Gasteiger partial charge in [0, 0.05) is 19.1 Å². The van der Waals surface area contributed by atoms with E-state index >= 15 is 0 Å². The summed E-state index contributed by atoms with van der Waals surface area (Å²) in [7, 11) is 3.23. The highest BCUT2D eigenvalue weighted by molar-refractivity contribution is 6.30. The van der Waals surface area contributed by atoms with Gasteiger partial charge >= 0.3 is 6.09 Å². The van der Waals surface area contributed by atoms with E-state index in [1.807, 2.05) is 0 Å². The smallest absolute Gasteiger partial charge is 0.412 e. The first-order valence-electron chi connectivity index (χ1n) is 6.99. The summed E-state index contributed by atoms with van der Waals surface area (Å²) in [5.41, 5.74) is 0.780. The molecule has 1 heterocycles. The van der Waals surface area contributed by atoms with Crippen molar-refractivity contribution in [2.75, 3.05) is 14.1 Å². The quantitative estimate of drug-likeness (QED) is 0.920. The molecule has 1 N–H and O–H groups in total. The number of hydrogen-bond acceptors (Lipinski definition) is 4. The largest absolute Gasteiger partial charge is 0.444 e. The molecule has 0 saturated carbocycles. The number of ether oxygens (including phenoxy) is 1. The zero-order chi connectivity index (χ0) is 16.3. The molecule has 1 aliphatic heterocycles. The minimum Gasteiger partial charge on any atom is -0.444 e. The standard InChI is InChI=1S/C15H19ClN2O4/c1-17(2)14(20)12-7-8-13(19)18(12)15(21)22-9-10-3-5-11(16)6-4-10/h3-6,12-13,19H,7-9H2,1-2H3/t12-,13?/m0/s1. The van der Waals surface area contributed by atoms with Gasteiger partial charge in [-0.05, 0) is 30.5 Å². The van der Waals surface area contributed by atoms with E-state index in [4.69, 9.17) is 16.3 Å². The second kappa shape index (κ2) is 6.98. The van der Waals surface area contributed by atoms with Crippen molar-refractivity contribution in [1.29, 1.82) is 0 Å². The summed E-state index contributed by atoms with van der Waals surface area (Å²) in [6, 6.07) is 6.22. The maximum absolute atomic E-state index is 12.2. The van der Waals surface area contributed by atoms with Gasteiger partial charge in [-0.25, -0.2) is 4.79 Å². The van der Waals surface area contributed by atoms with E-state index in [1.54, 1.807) is 38.4 Å². The third kappa shape index (κ3) is 3.69.